The Morgan fingerprint density at radius 3 is 2.31 bits per heavy atom. The van der Waals surface area contributed by atoms with E-state index in [-0.39, 0.29) is 13.6 Å². The Balaban J connectivity index is 4.18. The van der Waals surface area contributed by atoms with E-state index in [1.54, 1.807) is 6.08 Å². The molecule has 70 valence electrons. The van der Waals surface area contributed by atoms with Gasteiger partial charge in [0.15, 0.2) is 0 Å². The number of hydrogen-bond acceptors (Lipinski definition) is 2. The molecule has 0 radical (unpaired) electrons. The van der Waals surface area contributed by atoms with Crippen molar-refractivity contribution in [2.75, 3.05) is 12.3 Å². The second kappa shape index (κ2) is 7.78. The average molecular weight is 194 g/mol. The molecule has 0 spiro atoms. The van der Waals surface area contributed by atoms with Crippen LogP contribution < -0.4 is 0 Å². The summed E-state index contributed by atoms with van der Waals surface area (Å²) in [6.07, 6.45) is 6.27. The van der Waals surface area contributed by atoms with E-state index in [2.05, 4.69) is 19.9 Å². The first-order valence-corrected chi connectivity index (χ1v) is 6.25. The van der Waals surface area contributed by atoms with Gasteiger partial charge in [-0.05, 0) is 12.3 Å². The van der Waals surface area contributed by atoms with Crippen molar-refractivity contribution in [2.24, 2.45) is 0 Å². The maximum absolute atomic E-state index is 8.89. The average Bonchev–Trinajstić information content (AvgIpc) is 2.17. The van der Waals surface area contributed by atoms with Crippen LogP contribution in [0.3, 0.4) is 0 Å². The lowest BCUT2D eigenvalue weighted by molar-refractivity contribution is 1.26. The Morgan fingerprint density at radius 1 is 1.31 bits per heavy atom. The first-order valence-electron chi connectivity index (χ1n) is 4.47. The summed E-state index contributed by atoms with van der Waals surface area (Å²) in [5.41, 5.74) is 0.0401. The van der Waals surface area contributed by atoms with Crippen molar-refractivity contribution < 1.29 is 0 Å². The van der Waals surface area contributed by atoms with E-state index in [9.17, 15) is 0 Å². The van der Waals surface area contributed by atoms with Crippen molar-refractivity contribution in [2.45, 2.75) is 25.9 Å². The van der Waals surface area contributed by atoms with Crippen LogP contribution >= 0.6 is 7.92 Å². The maximum Gasteiger partial charge on any atom is 0.0839 e. The lowest BCUT2D eigenvalue weighted by Crippen LogP contribution is -2.01. The van der Waals surface area contributed by atoms with Crippen LogP contribution in [-0.2, 0) is 0 Å². The molecule has 0 heterocycles. The Bertz CT molecular complexity index is 230. The van der Waals surface area contributed by atoms with E-state index in [0.717, 1.165) is 12.3 Å². The SMILES string of the molecule is CCP(CC)C(C#N)/C=C/CC#N. The lowest BCUT2D eigenvalue weighted by Gasteiger charge is -2.15. The van der Waals surface area contributed by atoms with Crippen LogP contribution in [0, 0.1) is 22.7 Å². The van der Waals surface area contributed by atoms with Gasteiger partial charge in [0.05, 0.1) is 24.2 Å². The largest absolute Gasteiger partial charge is 0.198 e. The van der Waals surface area contributed by atoms with Crippen LogP contribution in [0.25, 0.3) is 0 Å². The van der Waals surface area contributed by atoms with Gasteiger partial charge in [0.25, 0.3) is 0 Å². The van der Waals surface area contributed by atoms with Gasteiger partial charge >= 0.3 is 0 Å². The van der Waals surface area contributed by atoms with Gasteiger partial charge in [0.2, 0.25) is 0 Å². The summed E-state index contributed by atoms with van der Waals surface area (Å²) in [4.78, 5) is 0. The maximum atomic E-state index is 8.89. The zero-order chi connectivity index (χ0) is 10.1. The third-order valence-corrected chi connectivity index (χ3v) is 4.56. The first kappa shape index (κ1) is 12.2. The van der Waals surface area contributed by atoms with Crippen LogP contribution in [0.5, 0.6) is 0 Å². The van der Waals surface area contributed by atoms with Gasteiger partial charge in [-0.25, -0.2) is 0 Å². The van der Waals surface area contributed by atoms with Crippen LogP contribution in [0.15, 0.2) is 12.2 Å². The van der Waals surface area contributed by atoms with Gasteiger partial charge < -0.3 is 0 Å². The van der Waals surface area contributed by atoms with Crippen molar-refractivity contribution in [3.8, 4) is 12.1 Å². The third-order valence-electron chi connectivity index (χ3n) is 1.87. The van der Waals surface area contributed by atoms with Crippen molar-refractivity contribution >= 4 is 7.92 Å². The Kier molecular flexibility index (Phi) is 7.27. The molecule has 0 fully saturated rings. The van der Waals surface area contributed by atoms with E-state index in [1.165, 1.54) is 0 Å². The van der Waals surface area contributed by atoms with E-state index >= 15 is 0 Å². The predicted octanol–water partition coefficient (Wildman–Crippen LogP) is 2.87. The molecule has 0 saturated carbocycles. The van der Waals surface area contributed by atoms with Crippen molar-refractivity contribution in [3.63, 3.8) is 0 Å². The molecule has 3 heteroatoms. The summed E-state index contributed by atoms with van der Waals surface area (Å²) >= 11 is 0. The molecular weight excluding hydrogens is 179 g/mol. The fourth-order valence-electron chi connectivity index (χ4n) is 1.11. The molecule has 2 nitrogen and oxygen atoms in total. The standard InChI is InChI=1S/C10H15N2P/c1-3-13(4-2)10(9-12)7-5-6-8-11/h5,7,10H,3-4,6H2,1-2H3/b7-5+. The molecule has 13 heavy (non-hydrogen) atoms. The number of allylic oxidation sites excluding steroid dienone is 2. The fraction of sp³-hybridized carbons (Fsp3) is 0.600. The van der Waals surface area contributed by atoms with Crippen molar-refractivity contribution in [1.82, 2.24) is 0 Å². The molecule has 0 aliphatic heterocycles. The number of rotatable bonds is 5. The van der Waals surface area contributed by atoms with E-state index in [0.29, 0.717) is 6.42 Å². The van der Waals surface area contributed by atoms with Crippen LogP contribution in [0.4, 0.5) is 0 Å². The molecule has 0 N–H and O–H groups in total. The normalized spacial score (nSPS) is 12.7. The van der Waals surface area contributed by atoms with Gasteiger partial charge in [-0.1, -0.05) is 33.9 Å². The van der Waals surface area contributed by atoms with Crippen molar-refractivity contribution in [3.05, 3.63) is 12.2 Å². The lowest BCUT2D eigenvalue weighted by atomic mass is 10.3. The number of nitrogens with zero attached hydrogens (tertiary/aromatic N) is 2. The molecule has 0 bridgehead atoms. The van der Waals surface area contributed by atoms with Gasteiger partial charge in [0.1, 0.15) is 0 Å². The summed E-state index contributed by atoms with van der Waals surface area (Å²) < 4.78 is 0. The molecule has 0 aromatic carbocycles. The zero-order valence-corrected chi connectivity index (χ0v) is 9.09. The van der Waals surface area contributed by atoms with Gasteiger partial charge in [-0.15, -0.1) is 0 Å². The first-order chi connectivity index (χ1) is 6.29. The number of nitriles is 2. The van der Waals surface area contributed by atoms with E-state index in [4.69, 9.17) is 10.5 Å². The Labute approximate surface area is 81.6 Å². The van der Waals surface area contributed by atoms with E-state index in [1.807, 2.05) is 12.1 Å². The summed E-state index contributed by atoms with van der Waals surface area (Å²) in [7, 11) is -0.194. The Hall–Kier alpha value is -0.850. The number of hydrogen-bond donors (Lipinski definition) is 0. The minimum Gasteiger partial charge on any atom is -0.198 e. The minimum absolute atomic E-state index is 0.0401. The zero-order valence-electron chi connectivity index (χ0n) is 8.20. The van der Waals surface area contributed by atoms with Gasteiger partial charge in [-0.3, -0.25) is 0 Å². The van der Waals surface area contributed by atoms with Crippen LogP contribution in [0.1, 0.15) is 20.3 Å². The van der Waals surface area contributed by atoms with Gasteiger partial charge in [0, 0.05) is 0 Å². The quantitative estimate of drug-likeness (QED) is 0.499. The minimum atomic E-state index is -0.194. The highest BCUT2D eigenvalue weighted by Gasteiger charge is 2.13. The highest BCUT2D eigenvalue weighted by Crippen LogP contribution is 2.40. The molecule has 0 aromatic rings. The summed E-state index contributed by atoms with van der Waals surface area (Å²) in [6, 6.07) is 4.33. The smallest absolute Gasteiger partial charge is 0.0839 e. The molecule has 0 aliphatic rings. The second-order valence-electron chi connectivity index (χ2n) is 2.59. The second-order valence-corrected chi connectivity index (χ2v) is 5.58. The van der Waals surface area contributed by atoms with Crippen LogP contribution in [-0.4, -0.2) is 18.0 Å². The summed E-state index contributed by atoms with van der Waals surface area (Å²) in [6.45, 7) is 4.25. The van der Waals surface area contributed by atoms with Crippen LogP contribution in [0.2, 0.25) is 0 Å². The molecule has 1 atom stereocenters. The summed E-state index contributed by atoms with van der Waals surface area (Å²) in [5, 5.41) is 17.2. The van der Waals surface area contributed by atoms with Crippen molar-refractivity contribution in [1.29, 1.82) is 10.5 Å². The fourth-order valence-corrected chi connectivity index (χ4v) is 2.88. The summed E-state index contributed by atoms with van der Waals surface area (Å²) in [5.74, 6) is 0. The predicted molar refractivity (Wildman–Crippen MR) is 56.8 cm³/mol. The Morgan fingerprint density at radius 2 is 1.92 bits per heavy atom. The topological polar surface area (TPSA) is 47.6 Å². The molecule has 0 aliphatic carbocycles. The van der Waals surface area contributed by atoms with E-state index < -0.39 is 0 Å². The molecule has 1 unspecified atom stereocenters. The monoisotopic (exact) mass is 194 g/mol. The highest BCUT2D eigenvalue weighted by atomic mass is 31.1. The highest BCUT2D eigenvalue weighted by molar-refractivity contribution is 7.58. The molecule has 0 saturated heterocycles. The third kappa shape index (κ3) is 4.66. The molecule has 0 aromatic heterocycles. The molecule has 0 amide bonds. The van der Waals surface area contributed by atoms with Gasteiger partial charge in [-0.2, -0.15) is 10.5 Å². The molecule has 0 rings (SSSR count). The molecular formula is C10H15N2P.